The first-order valence-corrected chi connectivity index (χ1v) is 10.4. The van der Waals surface area contributed by atoms with E-state index in [2.05, 4.69) is 25.7 Å². The molecule has 2 amide bonds. The second-order valence-corrected chi connectivity index (χ2v) is 8.04. The predicted octanol–water partition coefficient (Wildman–Crippen LogP) is 3.72. The molecule has 2 N–H and O–H groups in total. The van der Waals surface area contributed by atoms with E-state index in [1.54, 1.807) is 19.1 Å². The van der Waals surface area contributed by atoms with Crippen molar-refractivity contribution in [3.63, 3.8) is 0 Å². The Kier molecular flexibility index (Phi) is 6.07. The first-order valence-electron chi connectivity index (χ1n) is 9.97. The van der Waals surface area contributed by atoms with Crippen LogP contribution in [0.15, 0.2) is 42.9 Å². The van der Waals surface area contributed by atoms with Crippen LogP contribution in [0.4, 0.5) is 13.2 Å². The van der Waals surface area contributed by atoms with Gasteiger partial charge in [0.25, 0.3) is 11.8 Å². The van der Waals surface area contributed by atoms with Gasteiger partial charge in [-0.3, -0.25) is 9.59 Å². The lowest BCUT2D eigenvalue weighted by molar-refractivity contribution is -0.137. The minimum atomic E-state index is -4.64. The molecular formula is C21H18ClF3N6O2. The molecule has 0 radical (unpaired) electrons. The average molecular weight is 479 g/mol. The maximum Gasteiger partial charge on any atom is 0.416 e. The summed E-state index contributed by atoms with van der Waals surface area (Å²) in [6.45, 7) is 1.60. The van der Waals surface area contributed by atoms with E-state index >= 15 is 0 Å². The van der Waals surface area contributed by atoms with Crippen LogP contribution >= 0.6 is 11.6 Å². The number of rotatable bonds is 6. The molecule has 1 aromatic carbocycles. The molecule has 0 unspecified atom stereocenters. The molecule has 0 spiro atoms. The monoisotopic (exact) mass is 478 g/mol. The first-order chi connectivity index (χ1) is 15.6. The molecule has 172 valence electrons. The normalized spacial score (nSPS) is 14.6. The molecule has 1 aliphatic carbocycles. The van der Waals surface area contributed by atoms with Crippen LogP contribution in [0, 0.1) is 0 Å². The third kappa shape index (κ3) is 5.30. The van der Waals surface area contributed by atoms with Crippen molar-refractivity contribution in [2.75, 3.05) is 0 Å². The van der Waals surface area contributed by atoms with Gasteiger partial charge in [0.05, 0.1) is 17.2 Å². The number of carbonyl (C=O) groups excluding carboxylic acids is 2. The fourth-order valence-corrected chi connectivity index (χ4v) is 3.33. The predicted molar refractivity (Wildman–Crippen MR) is 112 cm³/mol. The number of hydrogen-bond acceptors (Lipinski definition) is 5. The van der Waals surface area contributed by atoms with Gasteiger partial charge in [-0.25, -0.2) is 9.97 Å². The summed E-state index contributed by atoms with van der Waals surface area (Å²) in [5.41, 5.74) is -0.863. The standard InChI is InChI=1S/C21H18ClF3N6O2/c1-11(29-20(33)13-6-14(21(23,24)25)8-15(22)7-13)18-27-10-28-31(18)17-5-2-12(9-26-17)19(32)30-16-3-4-16/h2,5-11,16H,3-4H2,1H3,(H,29,33)(H,30,32)/t11-/m0/s1. The Labute approximate surface area is 191 Å². The molecule has 2 heterocycles. The molecule has 2 aromatic heterocycles. The van der Waals surface area contributed by atoms with Crippen molar-refractivity contribution in [3.8, 4) is 5.82 Å². The van der Waals surface area contributed by atoms with Gasteiger partial charge in [0, 0.05) is 22.8 Å². The number of halogens is 4. The molecule has 0 saturated heterocycles. The topological polar surface area (TPSA) is 102 Å². The number of hydrogen-bond donors (Lipinski definition) is 2. The molecule has 1 fully saturated rings. The van der Waals surface area contributed by atoms with Crippen LogP contribution in [-0.4, -0.2) is 37.6 Å². The summed E-state index contributed by atoms with van der Waals surface area (Å²) >= 11 is 5.76. The Hall–Kier alpha value is -3.47. The Bertz CT molecular complexity index is 1190. The minimum Gasteiger partial charge on any atom is -0.349 e. The number of pyridine rings is 1. The van der Waals surface area contributed by atoms with Crippen LogP contribution < -0.4 is 10.6 Å². The maximum atomic E-state index is 13.0. The summed E-state index contributed by atoms with van der Waals surface area (Å²) in [5.74, 6) is -0.321. The molecule has 0 bridgehead atoms. The van der Waals surface area contributed by atoms with E-state index in [0.29, 0.717) is 17.2 Å². The molecule has 33 heavy (non-hydrogen) atoms. The van der Waals surface area contributed by atoms with Crippen molar-refractivity contribution >= 4 is 23.4 Å². The van der Waals surface area contributed by atoms with Gasteiger partial charge in [0.15, 0.2) is 11.6 Å². The number of alkyl halides is 3. The number of aromatic nitrogens is 4. The van der Waals surface area contributed by atoms with Crippen molar-refractivity contribution < 1.29 is 22.8 Å². The van der Waals surface area contributed by atoms with Gasteiger partial charge in [-0.15, -0.1) is 0 Å². The molecule has 3 aromatic rings. The maximum absolute atomic E-state index is 13.0. The lowest BCUT2D eigenvalue weighted by atomic mass is 10.1. The summed E-state index contributed by atoms with van der Waals surface area (Å²) in [7, 11) is 0. The van der Waals surface area contributed by atoms with Crippen molar-refractivity contribution in [2.24, 2.45) is 0 Å². The Balaban J connectivity index is 1.50. The summed E-state index contributed by atoms with van der Waals surface area (Å²) in [6, 6.07) is 5.30. The lowest BCUT2D eigenvalue weighted by Crippen LogP contribution is -2.29. The number of nitrogens with one attached hydrogen (secondary N) is 2. The van der Waals surface area contributed by atoms with Gasteiger partial charge in [-0.1, -0.05) is 11.6 Å². The van der Waals surface area contributed by atoms with Gasteiger partial charge in [0.2, 0.25) is 0 Å². The number of amides is 2. The van der Waals surface area contributed by atoms with Crippen molar-refractivity contribution in [1.82, 2.24) is 30.4 Å². The fraction of sp³-hybridized carbons (Fsp3) is 0.286. The molecular weight excluding hydrogens is 461 g/mol. The first kappa shape index (κ1) is 22.7. The zero-order chi connectivity index (χ0) is 23.8. The van der Waals surface area contributed by atoms with Crippen LogP contribution in [0.25, 0.3) is 5.82 Å². The van der Waals surface area contributed by atoms with Crippen LogP contribution in [0.1, 0.15) is 57.9 Å². The third-order valence-corrected chi connectivity index (χ3v) is 5.15. The fourth-order valence-electron chi connectivity index (χ4n) is 3.09. The zero-order valence-corrected chi connectivity index (χ0v) is 18.0. The van der Waals surface area contributed by atoms with E-state index < -0.39 is 23.7 Å². The molecule has 1 aliphatic rings. The van der Waals surface area contributed by atoms with Crippen LogP contribution in [0.2, 0.25) is 5.02 Å². The van der Waals surface area contributed by atoms with Crippen molar-refractivity contribution in [2.45, 2.75) is 38.0 Å². The Morgan fingerprint density at radius 2 is 1.88 bits per heavy atom. The van der Waals surface area contributed by atoms with Crippen LogP contribution in [-0.2, 0) is 6.18 Å². The van der Waals surface area contributed by atoms with Gasteiger partial charge in [-0.2, -0.15) is 23.0 Å². The molecule has 1 saturated carbocycles. The highest BCUT2D eigenvalue weighted by atomic mass is 35.5. The molecule has 8 nitrogen and oxygen atoms in total. The summed E-state index contributed by atoms with van der Waals surface area (Å²) in [5, 5.41) is 9.35. The third-order valence-electron chi connectivity index (χ3n) is 4.94. The molecule has 1 atom stereocenters. The highest BCUT2D eigenvalue weighted by Crippen LogP contribution is 2.32. The Morgan fingerprint density at radius 3 is 2.52 bits per heavy atom. The largest absolute Gasteiger partial charge is 0.416 e. The lowest BCUT2D eigenvalue weighted by Gasteiger charge is -2.15. The smallest absolute Gasteiger partial charge is 0.349 e. The highest BCUT2D eigenvalue weighted by Gasteiger charge is 2.32. The number of benzene rings is 1. The zero-order valence-electron chi connectivity index (χ0n) is 17.2. The van der Waals surface area contributed by atoms with Gasteiger partial charge >= 0.3 is 6.18 Å². The summed E-state index contributed by atoms with van der Waals surface area (Å²) in [6.07, 6.45) is -0.0359. The average Bonchev–Trinajstić information content (AvgIpc) is 3.44. The quantitative estimate of drug-likeness (QED) is 0.562. The van der Waals surface area contributed by atoms with Gasteiger partial charge in [-0.05, 0) is 50.1 Å². The minimum absolute atomic E-state index is 0.208. The summed E-state index contributed by atoms with van der Waals surface area (Å²) in [4.78, 5) is 33.1. The SMILES string of the molecule is C[C@H](NC(=O)c1cc(Cl)cc(C(F)(F)F)c1)c1ncnn1-c1ccc(C(=O)NC2CC2)cn1. The van der Waals surface area contributed by atoms with E-state index in [4.69, 9.17) is 11.6 Å². The molecule has 12 heteroatoms. The van der Waals surface area contributed by atoms with E-state index in [1.807, 2.05) is 0 Å². The van der Waals surface area contributed by atoms with Crippen molar-refractivity contribution in [3.05, 3.63) is 70.4 Å². The van der Waals surface area contributed by atoms with Gasteiger partial charge in [0.1, 0.15) is 6.33 Å². The number of nitrogens with zero attached hydrogens (tertiary/aromatic N) is 4. The van der Waals surface area contributed by atoms with E-state index in [9.17, 15) is 22.8 Å². The van der Waals surface area contributed by atoms with Crippen molar-refractivity contribution in [1.29, 1.82) is 0 Å². The van der Waals surface area contributed by atoms with Gasteiger partial charge < -0.3 is 10.6 Å². The summed E-state index contributed by atoms with van der Waals surface area (Å²) < 4.78 is 40.5. The highest BCUT2D eigenvalue weighted by molar-refractivity contribution is 6.31. The van der Waals surface area contributed by atoms with Crippen LogP contribution in [0.5, 0.6) is 0 Å². The van der Waals surface area contributed by atoms with E-state index in [1.165, 1.54) is 17.2 Å². The van der Waals surface area contributed by atoms with E-state index in [-0.39, 0.29) is 22.5 Å². The second kappa shape index (κ2) is 8.81. The molecule has 4 rings (SSSR count). The molecule has 0 aliphatic heterocycles. The van der Waals surface area contributed by atoms with E-state index in [0.717, 1.165) is 31.0 Å². The van der Waals surface area contributed by atoms with Crippen LogP contribution in [0.3, 0.4) is 0 Å². The second-order valence-electron chi connectivity index (χ2n) is 7.60. The number of carbonyl (C=O) groups is 2. The Morgan fingerprint density at radius 1 is 1.12 bits per heavy atom.